The summed E-state index contributed by atoms with van der Waals surface area (Å²) < 4.78 is 0. The number of aromatic amines is 1. The first kappa shape index (κ1) is 117. The number of guanidine groups is 9. The van der Waals surface area contributed by atoms with E-state index in [1.54, 1.807) is 13.1 Å². The summed E-state index contributed by atoms with van der Waals surface area (Å²) in [7, 11) is 0. The van der Waals surface area contributed by atoms with Crippen LogP contribution in [0.4, 0.5) is 0 Å². The van der Waals surface area contributed by atoms with Crippen molar-refractivity contribution in [2.45, 2.75) is 224 Å². The number of para-hydroxylation sites is 1. The Kier molecular flexibility index (Phi) is 56.3. The maximum Gasteiger partial charge on any atom is 0.240 e. The molecular weight excluding hydrogens is 1760 g/mol. The van der Waals surface area contributed by atoms with E-state index in [9.17, 15) is 43.5 Å². The molecule has 0 bridgehead atoms. The second kappa shape index (κ2) is 64.6. The number of amides is 7. The first-order chi connectivity index (χ1) is 63.4. The van der Waals surface area contributed by atoms with Crippen LogP contribution in [0.2, 0.25) is 0 Å². The summed E-state index contributed by atoms with van der Waals surface area (Å²) in [5.74, 6) is -21.8. The summed E-state index contributed by atoms with van der Waals surface area (Å²) >= 11 is 4.13. The van der Waals surface area contributed by atoms with E-state index in [4.69, 9.17) is 106 Å². The summed E-state index contributed by atoms with van der Waals surface area (Å²) in [5, 5.41) is 122. The number of nitrogens with one attached hydrogen (secondary N) is 25. The van der Waals surface area contributed by atoms with E-state index in [1.807, 2.05) is 38.1 Å². The number of hydrogen-bond acceptors (Lipinski definition) is 24. The topological polar surface area (TPSA) is 913 Å². The predicted molar refractivity (Wildman–Crippen MR) is 513 cm³/mol. The Hall–Kier alpha value is -13.2. The van der Waals surface area contributed by atoms with E-state index in [0.717, 1.165) is 16.5 Å². The molecule has 0 spiro atoms. The summed E-state index contributed by atoms with van der Waals surface area (Å²) in [4.78, 5) is 193. The van der Waals surface area contributed by atoms with Crippen molar-refractivity contribution in [2.75, 3.05) is 71.3 Å². The smallest absolute Gasteiger partial charge is 0.240 e. The molecule has 0 aliphatic rings. The number of aromatic nitrogens is 1. The Morgan fingerprint density at radius 2 is 0.560 bits per heavy atom. The number of nitrogens with two attached hydrogens (primary N) is 10. The van der Waals surface area contributed by atoms with Crippen LogP contribution in [0.15, 0.2) is 30.5 Å². The van der Waals surface area contributed by atoms with Gasteiger partial charge in [-0.25, -0.2) is 0 Å². The highest BCUT2D eigenvalue weighted by Gasteiger charge is 2.39. The van der Waals surface area contributed by atoms with Crippen LogP contribution in [-0.4, -0.2) is 247 Å². The van der Waals surface area contributed by atoms with Gasteiger partial charge in [-0.2, -0.15) is 12.6 Å². The standard InChI is InChI=1S/C84H149N35O14S/c1-46(2)35-47(3)63(121)41-52(36-53-43-113-56-20-5-4-19-55(53)56)74(132)117-61(25-14-34-112-84(102)103)68(126)42-54(44-120)75(133)118-60(24-13-33-111-83(100)101)67(125)39-50(17-8-28-106-78(90)91)72(130)115-58(22-11-31-109-81(96)97)65(123)37-48(15-6-26-104-76(86)87)70(128)114-57(21-10-30-108-80(94)95)64(122)38-49(16-7-27-105-77(88)89)71(129)116-59(23-12-32-110-82(98)99)66(124)40-51(18-9-29-107-79(92)93)73(131)119-62(45-134)69(85)127/h4-5,19-20,43,46-52,54,57-62,113,120,134H,6-18,21-42,44-45H2,1-3H3,(H2,85,127)(H,114,128)(H,115,130)(H,116,129)(H,117,132)(H,118,133)(H,119,131)(H4,86,87,104)(H4,88,89,105)(H4,90,91,106)(H4,92,93,107)(H4,94,95,108)(H4,96,97,109)(H4,98,99,110)(H4,100,101,111)(H4,102,103,112)/t47-,48-,49-,50-,51-,52+,54-,57+,58+,59+,60+,61-,62+/m0/s1. The Bertz CT molecular complexity index is 4270. The minimum atomic E-state index is -1.58. The summed E-state index contributed by atoms with van der Waals surface area (Å²) in [6.07, 6.45) is -1.49. The fourth-order valence-corrected chi connectivity index (χ4v) is 15.3. The molecule has 134 heavy (non-hydrogen) atoms. The Morgan fingerprint density at radius 1 is 0.328 bits per heavy atom. The molecule has 2 aromatic rings. The number of rotatable bonds is 73. The quantitative estimate of drug-likeness (QED) is 0.0129. The van der Waals surface area contributed by atoms with E-state index in [0.29, 0.717) is 6.42 Å². The Labute approximate surface area is 786 Å². The van der Waals surface area contributed by atoms with E-state index < -0.39 is 228 Å². The molecule has 49 nitrogen and oxygen atoms in total. The SMILES string of the molecule is CC(C)C[C@H](C)C(=O)C[C@@H](Cc1c[nH]c2ccccc12)C(=O)N[C@@H](CCCNC(=N)N)C(=O)C[C@@H](CO)C(=O)N[C@H](CCCNC(=N)N)C(=O)C[C@H](CCCNC(=N)N)C(=O)N[C@H](CCCNC(=N)N)C(=O)C[C@H](CCCNC(=N)N)C(=O)N[C@H](CCCNC(=N)N)C(=O)C[C@H](CCCNC(=N)N)C(=O)N[C@H](CCCNC(=N)N)C(=O)C[C@H](CCCNC(=N)N)C(=O)N[C@H](CS)C(N)=O. The molecule has 13 atom stereocenters. The normalized spacial score (nSPS) is 14.0. The molecule has 50 heteroatoms. The van der Waals surface area contributed by atoms with Gasteiger partial charge in [-0.15, -0.1) is 0 Å². The largest absolute Gasteiger partial charge is 0.396 e. The summed E-state index contributed by atoms with van der Waals surface area (Å²) in [6.45, 7) is 4.91. The van der Waals surface area contributed by atoms with Crippen molar-refractivity contribution in [1.29, 1.82) is 48.7 Å². The van der Waals surface area contributed by atoms with Gasteiger partial charge in [0.2, 0.25) is 41.4 Å². The molecule has 1 aromatic heterocycles. The van der Waals surface area contributed by atoms with Crippen LogP contribution >= 0.6 is 12.6 Å². The van der Waals surface area contributed by atoms with E-state index in [1.165, 1.54) is 0 Å². The molecule has 0 saturated carbocycles. The average molecular weight is 1910 g/mol. The third-order valence-electron chi connectivity index (χ3n) is 22.1. The molecule has 0 aliphatic carbocycles. The lowest BCUT2D eigenvalue weighted by Crippen LogP contribution is -2.50. The zero-order chi connectivity index (χ0) is 101. The van der Waals surface area contributed by atoms with Gasteiger partial charge < -0.3 is 147 Å². The van der Waals surface area contributed by atoms with Gasteiger partial charge in [0.25, 0.3) is 0 Å². The third-order valence-corrected chi connectivity index (χ3v) is 22.5. The number of hydrogen-bond donors (Lipinski definition) is 37. The molecule has 0 unspecified atom stereocenters. The number of primary amides is 1. The van der Waals surface area contributed by atoms with Crippen LogP contribution in [0, 0.1) is 96.0 Å². The lowest BCUT2D eigenvalue weighted by Gasteiger charge is -2.27. The highest BCUT2D eigenvalue weighted by Crippen LogP contribution is 2.28. The van der Waals surface area contributed by atoms with Gasteiger partial charge >= 0.3 is 0 Å². The summed E-state index contributed by atoms with van der Waals surface area (Å²) in [5.41, 5.74) is 57.4. The molecule has 0 radical (unpaired) electrons. The molecule has 46 N–H and O–H groups in total. The Balaban J connectivity index is 2.84. The fourth-order valence-electron chi connectivity index (χ4n) is 15.0. The fraction of sp³-hybridized carbons (Fsp3) is 0.643. The molecule has 0 fully saturated rings. The predicted octanol–water partition coefficient (Wildman–Crippen LogP) is -4.47. The minimum Gasteiger partial charge on any atom is -0.396 e. The summed E-state index contributed by atoms with van der Waals surface area (Å²) in [6, 6.07) is -1.05. The van der Waals surface area contributed by atoms with Gasteiger partial charge in [0.15, 0.2) is 82.6 Å². The number of fused-ring (bicyclic) bond motifs is 1. The van der Waals surface area contributed by atoms with Crippen molar-refractivity contribution >= 4 is 153 Å². The van der Waals surface area contributed by atoms with E-state index in [2.05, 4.69) is 97.4 Å². The van der Waals surface area contributed by atoms with Crippen LogP contribution in [0.3, 0.4) is 0 Å². The van der Waals surface area contributed by atoms with Crippen molar-refractivity contribution in [3.05, 3.63) is 36.0 Å². The minimum absolute atomic E-state index is 0.00412. The molecule has 0 saturated heterocycles. The average Bonchev–Trinajstić information content (AvgIpc) is 1.68. The monoisotopic (exact) mass is 1900 g/mol. The van der Waals surface area contributed by atoms with Crippen LogP contribution in [0.1, 0.15) is 187 Å². The molecule has 1 aromatic carbocycles. The third kappa shape index (κ3) is 49.9. The molecule has 7 amide bonds. The highest BCUT2D eigenvalue weighted by atomic mass is 32.1. The number of Topliss-reactive ketones (excluding diaryl/α,β-unsaturated/α-hetero) is 6. The first-order valence-corrected chi connectivity index (χ1v) is 45.7. The van der Waals surface area contributed by atoms with Crippen LogP contribution in [0.25, 0.3) is 10.9 Å². The van der Waals surface area contributed by atoms with Crippen molar-refractivity contribution in [1.82, 2.24) is 84.7 Å². The molecule has 750 valence electrons. The number of H-pyrrole nitrogens is 1. The lowest BCUT2D eigenvalue weighted by molar-refractivity contribution is -0.137. The number of aliphatic hydroxyl groups excluding tert-OH is 1. The zero-order valence-electron chi connectivity index (χ0n) is 77.1. The van der Waals surface area contributed by atoms with Crippen molar-refractivity contribution in [3.63, 3.8) is 0 Å². The van der Waals surface area contributed by atoms with E-state index >= 15 is 24.0 Å². The molecule has 0 aliphatic heterocycles. The van der Waals surface area contributed by atoms with Crippen molar-refractivity contribution in [2.24, 2.45) is 105 Å². The highest BCUT2D eigenvalue weighted by molar-refractivity contribution is 7.80. The van der Waals surface area contributed by atoms with Crippen LogP contribution in [0.5, 0.6) is 0 Å². The van der Waals surface area contributed by atoms with Gasteiger partial charge in [0.1, 0.15) is 11.8 Å². The maximum absolute atomic E-state index is 15.3. The second-order valence-electron chi connectivity index (χ2n) is 33.8. The van der Waals surface area contributed by atoms with Crippen LogP contribution in [-0.2, 0) is 68.7 Å². The number of carbonyl (C=O) groups is 13. The number of benzene rings is 1. The van der Waals surface area contributed by atoms with E-state index in [-0.39, 0.29) is 217 Å². The Morgan fingerprint density at radius 3 is 0.806 bits per heavy atom. The molecule has 1 heterocycles. The van der Waals surface area contributed by atoms with Gasteiger partial charge in [-0.1, -0.05) is 39.0 Å². The van der Waals surface area contributed by atoms with Crippen LogP contribution < -0.4 is 137 Å². The molecule has 2 rings (SSSR count). The molecular formula is C84H149N35O14S. The van der Waals surface area contributed by atoms with Gasteiger partial charge in [-0.3, -0.25) is 111 Å². The maximum atomic E-state index is 15.3. The van der Waals surface area contributed by atoms with Gasteiger partial charge in [0, 0.05) is 156 Å². The number of carbonyl (C=O) groups excluding carboxylic acids is 13. The second-order valence-corrected chi connectivity index (χ2v) is 34.1. The van der Waals surface area contributed by atoms with Crippen molar-refractivity contribution in [3.8, 4) is 0 Å². The van der Waals surface area contributed by atoms with Crippen molar-refractivity contribution < 1.29 is 67.4 Å². The number of ketones is 6. The number of aliphatic hydroxyl groups is 1. The first-order valence-electron chi connectivity index (χ1n) is 45.1. The lowest BCUT2D eigenvalue weighted by atomic mass is 9.86. The zero-order valence-corrected chi connectivity index (χ0v) is 78.0. The number of thiol groups is 1. The van der Waals surface area contributed by atoms with Gasteiger partial charge in [-0.05, 0) is 146 Å². The van der Waals surface area contributed by atoms with Gasteiger partial charge in [0.05, 0.1) is 42.7 Å².